The molecule has 1 aliphatic heterocycles. The highest BCUT2D eigenvalue weighted by Gasteiger charge is 2.34. The molecule has 1 saturated heterocycles. The number of piperidine rings is 1. The van der Waals surface area contributed by atoms with Crippen LogP contribution in [0.15, 0.2) is 48.2 Å². The van der Waals surface area contributed by atoms with Crippen LogP contribution in [0, 0.1) is 0 Å². The Bertz CT molecular complexity index is 1140. The number of allylic oxidation sites excluding steroid dienone is 2. The maximum Gasteiger partial charge on any atom is 0.387 e. The Morgan fingerprint density at radius 1 is 1.23 bits per heavy atom. The summed E-state index contributed by atoms with van der Waals surface area (Å²) in [4.78, 5) is 17.4. The molecule has 1 fully saturated rings. The standard InChI is InChI=1S/C24H26F4N4O3/c1-24(34-2)11-17(25)20(18(26)12-24)32-13-19(14-7-9-29-10-8-14)30-23(32)31-21(33)15-3-5-16(6-4-15)35-22(27)28/h3-6,11,13-14,22,29H,7-10,12H2,1-2H3,(H,30,31,33). The van der Waals surface area contributed by atoms with E-state index in [0.717, 1.165) is 25.9 Å². The molecule has 2 heterocycles. The molecule has 1 amide bonds. The van der Waals surface area contributed by atoms with E-state index < -0.39 is 29.8 Å². The second kappa shape index (κ2) is 10.2. The van der Waals surface area contributed by atoms with Crippen molar-refractivity contribution in [2.75, 3.05) is 25.5 Å². The SMILES string of the molecule is COC1(C)C=C(F)C(n2cc(C3CCNCC3)nc2NC(=O)c2ccc(OC(F)F)cc2)=C(F)C1. The lowest BCUT2D eigenvalue weighted by atomic mass is 9.94. The lowest BCUT2D eigenvalue weighted by Gasteiger charge is -2.29. The van der Waals surface area contributed by atoms with E-state index >= 15 is 8.78 Å². The summed E-state index contributed by atoms with van der Waals surface area (Å²) in [5, 5.41) is 5.86. The molecule has 35 heavy (non-hydrogen) atoms. The molecule has 2 aromatic rings. The predicted molar refractivity (Wildman–Crippen MR) is 122 cm³/mol. The average Bonchev–Trinajstić information content (AvgIpc) is 3.22. The van der Waals surface area contributed by atoms with Gasteiger partial charge in [0.25, 0.3) is 5.91 Å². The molecule has 4 rings (SSSR count). The summed E-state index contributed by atoms with van der Waals surface area (Å²) in [5.41, 5.74) is -0.744. The Hall–Kier alpha value is -3.18. The van der Waals surface area contributed by atoms with Gasteiger partial charge in [-0.15, -0.1) is 0 Å². The zero-order chi connectivity index (χ0) is 25.2. The Labute approximate surface area is 199 Å². The quantitative estimate of drug-likeness (QED) is 0.530. The fraction of sp³-hybridized carbons (Fsp3) is 0.417. The Kier molecular flexibility index (Phi) is 7.27. The van der Waals surface area contributed by atoms with Crippen LogP contribution in [-0.2, 0) is 4.74 Å². The van der Waals surface area contributed by atoms with Crippen molar-refractivity contribution in [3.05, 3.63) is 59.4 Å². The number of benzene rings is 1. The van der Waals surface area contributed by atoms with E-state index in [0.29, 0.717) is 5.69 Å². The second-order valence-corrected chi connectivity index (χ2v) is 8.68. The van der Waals surface area contributed by atoms with Gasteiger partial charge in [0.05, 0.1) is 11.3 Å². The monoisotopic (exact) mass is 494 g/mol. The number of carbonyl (C=O) groups is 1. The molecule has 0 radical (unpaired) electrons. The summed E-state index contributed by atoms with van der Waals surface area (Å²) in [6.45, 7) is 0.145. The number of amides is 1. The summed E-state index contributed by atoms with van der Waals surface area (Å²) in [6.07, 6.45) is 4.13. The zero-order valence-corrected chi connectivity index (χ0v) is 19.3. The maximum absolute atomic E-state index is 15.2. The molecule has 2 aliphatic rings. The highest BCUT2D eigenvalue weighted by molar-refractivity contribution is 6.03. The van der Waals surface area contributed by atoms with Crippen molar-refractivity contribution in [3.63, 3.8) is 0 Å². The minimum Gasteiger partial charge on any atom is -0.435 e. The molecule has 7 nitrogen and oxygen atoms in total. The number of nitrogens with zero attached hydrogens (tertiary/aromatic N) is 2. The summed E-state index contributed by atoms with van der Waals surface area (Å²) in [7, 11) is 1.37. The van der Waals surface area contributed by atoms with E-state index in [9.17, 15) is 13.6 Å². The Morgan fingerprint density at radius 2 is 1.91 bits per heavy atom. The van der Waals surface area contributed by atoms with Gasteiger partial charge < -0.3 is 14.8 Å². The summed E-state index contributed by atoms with van der Waals surface area (Å²) >= 11 is 0. The number of imidazole rings is 1. The molecule has 1 atom stereocenters. The van der Waals surface area contributed by atoms with Crippen LogP contribution in [0.1, 0.15) is 48.2 Å². The number of ether oxygens (including phenoxy) is 2. The van der Waals surface area contributed by atoms with Crippen LogP contribution in [-0.4, -0.2) is 47.9 Å². The van der Waals surface area contributed by atoms with Crippen LogP contribution in [0.4, 0.5) is 23.5 Å². The number of aromatic nitrogens is 2. The van der Waals surface area contributed by atoms with Crippen molar-refractivity contribution in [1.29, 1.82) is 0 Å². The summed E-state index contributed by atoms with van der Waals surface area (Å²) in [5.74, 6) is -2.30. The maximum atomic E-state index is 15.2. The van der Waals surface area contributed by atoms with Gasteiger partial charge in [-0.2, -0.15) is 8.78 Å². The van der Waals surface area contributed by atoms with Crippen molar-refractivity contribution in [1.82, 2.24) is 14.9 Å². The van der Waals surface area contributed by atoms with Crippen molar-refractivity contribution in [2.45, 2.75) is 44.3 Å². The van der Waals surface area contributed by atoms with E-state index in [2.05, 4.69) is 20.4 Å². The molecule has 1 unspecified atom stereocenters. The van der Waals surface area contributed by atoms with Gasteiger partial charge in [-0.25, -0.2) is 13.8 Å². The van der Waals surface area contributed by atoms with Gasteiger partial charge in [-0.3, -0.25) is 14.7 Å². The highest BCUT2D eigenvalue weighted by atomic mass is 19.3. The van der Waals surface area contributed by atoms with Gasteiger partial charge in [0.2, 0.25) is 5.95 Å². The van der Waals surface area contributed by atoms with Gasteiger partial charge >= 0.3 is 6.61 Å². The number of anilines is 1. The van der Waals surface area contributed by atoms with Crippen molar-refractivity contribution < 1.29 is 31.8 Å². The van der Waals surface area contributed by atoms with Crippen LogP contribution in [0.5, 0.6) is 5.75 Å². The van der Waals surface area contributed by atoms with Gasteiger partial charge in [0, 0.05) is 31.2 Å². The number of carbonyl (C=O) groups excluding carboxylic acids is 1. The molecule has 188 valence electrons. The highest BCUT2D eigenvalue weighted by Crippen LogP contribution is 2.39. The van der Waals surface area contributed by atoms with E-state index in [1.54, 1.807) is 13.1 Å². The van der Waals surface area contributed by atoms with Gasteiger partial charge in [-0.1, -0.05) is 0 Å². The summed E-state index contributed by atoms with van der Waals surface area (Å²) in [6, 6.07) is 5.06. The lowest BCUT2D eigenvalue weighted by Crippen LogP contribution is -2.28. The topological polar surface area (TPSA) is 77.4 Å². The molecule has 1 aromatic heterocycles. The largest absolute Gasteiger partial charge is 0.435 e. The van der Waals surface area contributed by atoms with E-state index in [1.165, 1.54) is 42.0 Å². The van der Waals surface area contributed by atoms with Crippen LogP contribution >= 0.6 is 0 Å². The second-order valence-electron chi connectivity index (χ2n) is 8.68. The third kappa shape index (κ3) is 5.57. The number of hydrogen-bond acceptors (Lipinski definition) is 5. The first-order valence-electron chi connectivity index (χ1n) is 11.2. The molecular formula is C24H26F4N4O3. The summed E-state index contributed by atoms with van der Waals surface area (Å²) < 4.78 is 65.8. The van der Waals surface area contributed by atoms with E-state index in [-0.39, 0.29) is 35.3 Å². The third-order valence-corrected chi connectivity index (χ3v) is 6.18. The minimum atomic E-state index is -2.99. The number of rotatable bonds is 7. The molecular weight excluding hydrogens is 468 g/mol. The number of alkyl halides is 2. The molecule has 0 bridgehead atoms. The fourth-order valence-electron chi connectivity index (χ4n) is 4.22. The smallest absolute Gasteiger partial charge is 0.387 e. The number of hydrogen-bond donors (Lipinski definition) is 2. The van der Waals surface area contributed by atoms with Crippen molar-refractivity contribution >= 4 is 17.6 Å². The zero-order valence-electron chi connectivity index (χ0n) is 19.3. The predicted octanol–water partition coefficient (Wildman–Crippen LogP) is 5.00. The molecule has 0 spiro atoms. The van der Waals surface area contributed by atoms with Crippen LogP contribution in [0.25, 0.3) is 5.70 Å². The average molecular weight is 494 g/mol. The normalized spacial score (nSPS) is 21.3. The molecule has 1 aliphatic carbocycles. The van der Waals surface area contributed by atoms with Crippen LogP contribution < -0.4 is 15.4 Å². The van der Waals surface area contributed by atoms with E-state index in [1.807, 2.05) is 0 Å². The molecule has 1 aromatic carbocycles. The molecule has 2 N–H and O–H groups in total. The van der Waals surface area contributed by atoms with Crippen molar-refractivity contribution in [3.8, 4) is 5.75 Å². The van der Waals surface area contributed by atoms with Crippen LogP contribution in [0.2, 0.25) is 0 Å². The minimum absolute atomic E-state index is 0.0499. The fourth-order valence-corrected chi connectivity index (χ4v) is 4.22. The van der Waals surface area contributed by atoms with Crippen LogP contribution in [0.3, 0.4) is 0 Å². The Morgan fingerprint density at radius 3 is 2.51 bits per heavy atom. The first-order chi connectivity index (χ1) is 16.7. The van der Waals surface area contributed by atoms with Gasteiger partial charge in [0.15, 0.2) is 0 Å². The number of halogens is 4. The molecule has 11 heteroatoms. The van der Waals surface area contributed by atoms with E-state index in [4.69, 9.17) is 4.74 Å². The number of nitrogens with one attached hydrogen (secondary N) is 2. The third-order valence-electron chi connectivity index (χ3n) is 6.18. The molecule has 0 saturated carbocycles. The van der Waals surface area contributed by atoms with Gasteiger partial charge in [-0.05, 0) is 63.2 Å². The van der Waals surface area contributed by atoms with Gasteiger partial charge in [0.1, 0.15) is 23.1 Å². The number of methoxy groups -OCH3 is 1. The Balaban J connectivity index is 1.67. The first-order valence-corrected chi connectivity index (χ1v) is 11.2. The van der Waals surface area contributed by atoms with Crippen molar-refractivity contribution in [2.24, 2.45) is 0 Å². The first kappa shape index (κ1) is 24.9. The lowest BCUT2D eigenvalue weighted by molar-refractivity contribution is -0.0498.